The van der Waals surface area contributed by atoms with Crippen molar-refractivity contribution in [3.8, 4) is 5.75 Å². The molecule has 0 bridgehead atoms. The Morgan fingerprint density at radius 1 is 1.40 bits per heavy atom. The molecule has 1 aromatic carbocycles. The maximum absolute atomic E-state index is 11.9. The summed E-state index contributed by atoms with van der Waals surface area (Å²) in [5, 5.41) is 0. The molecule has 0 aromatic heterocycles. The number of Topliss-reactive ketones (excluding diaryl/α,β-unsaturated/α-hetero) is 1. The van der Waals surface area contributed by atoms with Crippen LogP contribution in [0.2, 0.25) is 0 Å². The van der Waals surface area contributed by atoms with E-state index < -0.39 is 0 Å². The van der Waals surface area contributed by atoms with Crippen LogP contribution in [0.1, 0.15) is 50.9 Å². The monoisotopic (exact) mass is 275 g/mol. The molecule has 1 aliphatic rings. The van der Waals surface area contributed by atoms with Gasteiger partial charge in [0.05, 0.1) is 12.2 Å². The zero-order chi connectivity index (χ0) is 14.7. The molecule has 0 radical (unpaired) electrons. The molecule has 0 N–H and O–H groups in total. The summed E-state index contributed by atoms with van der Waals surface area (Å²) in [6, 6.07) is 5.83. The number of rotatable bonds is 5. The van der Waals surface area contributed by atoms with Crippen molar-refractivity contribution in [2.24, 2.45) is 5.92 Å². The minimum absolute atomic E-state index is 0.190. The summed E-state index contributed by atoms with van der Waals surface area (Å²) >= 11 is 0. The van der Waals surface area contributed by atoms with Crippen molar-refractivity contribution in [3.05, 3.63) is 23.8 Å². The third kappa shape index (κ3) is 2.97. The number of carbonyl (C=O) groups is 1. The van der Waals surface area contributed by atoms with Crippen LogP contribution >= 0.6 is 0 Å². The fourth-order valence-electron chi connectivity index (χ4n) is 2.59. The Labute approximate surface area is 121 Å². The first-order chi connectivity index (χ1) is 9.56. The van der Waals surface area contributed by atoms with Crippen molar-refractivity contribution in [1.82, 2.24) is 0 Å². The number of anilines is 1. The van der Waals surface area contributed by atoms with Crippen LogP contribution in [0.4, 0.5) is 5.69 Å². The maximum Gasteiger partial charge on any atom is 0.162 e. The second kappa shape index (κ2) is 6.29. The molecule has 1 aromatic rings. The smallest absolute Gasteiger partial charge is 0.162 e. The van der Waals surface area contributed by atoms with Gasteiger partial charge in [-0.1, -0.05) is 27.7 Å². The Hall–Kier alpha value is -1.51. The van der Waals surface area contributed by atoms with E-state index >= 15 is 0 Å². The SMILES string of the molecule is CCCN1CC(C(C)C)Oc2ccc(C(=O)CC)cc21. The largest absolute Gasteiger partial charge is 0.486 e. The Bertz CT molecular complexity index is 482. The average Bonchev–Trinajstić information content (AvgIpc) is 2.46. The van der Waals surface area contributed by atoms with Gasteiger partial charge >= 0.3 is 0 Å². The van der Waals surface area contributed by atoms with Crippen LogP contribution in [0.5, 0.6) is 5.75 Å². The molecule has 0 amide bonds. The van der Waals surface area contributed by atoms with Gasteiger partial charge in [-0.05, 0) is 30.5 Å². The summed E-state index contributed by atoms with van der Waals surface area (Å²) in [5.74, 6) is 1.59. The topological polar surface area (TPSA) is 29.5 Å². The lowest BCUT2D eigenvalue weighted by molar-refractivity contribution is 0.0988. The molecule has 110 valence electrons. The van der Waals surface area contributed by atoms with Crippen molar-refractivity contribution in [1.29, 1.82) is 0 Å². The van der Waals surface area contributed by atoms with Gasteiger partial charge in [0.2, 0.25) is 0 Å². The molecule has 0 fully saturated rings. The van der Waals surface area contributed by atoms with Gasteiger partial charge in [-0.15, -0.1) is 0 Å². The normalized spacial score (nSPS) is 17.9. The van der Waals surface area contributed by atoms with Gasteiger partial charge in [0.15, 0.2) is 5.78 Å². The highest BCUT2D eigenvalue weighted by Gasteiger charge is 2.27. The van der Waals surface area contributed by atoms with Crippen LogP contribution < -0.4 is 9.64 Å². The molecule has 0 saturated carbocycles. The summed E-state index contributed by atoms with van der Waals surface area (Å²) in [7, 11) is 0. The van der Waals surface area contributed by atoms with E-state index in [0.29, 0.717) is 12.3 Å². The van der Waals surface area contributed by atoms with Gasteiger partial charge in [-0.2, -0.15) is 0 Å². The molecule has 1 atom stereocenters. The highest BCUT2D eigenvalue weighted by molar-refractivity contribution is 5.97. The van der Waals surface area contributed by atoms with Crippen molar-refractivity contribution in [2.75, 3.05) is 18.0 Å². The number of fused-ring (bicyclic) bond motifs is 1. The molecule has 1 unspecified atom stereocenters. The number of hydrogen-bond donors (Lipinski definition) is 0. The van der Waals surface area contributed by atoms with Gasteiger partial charge in [0, 0.05) is 18.5 Å². The van der Waals surface area contributed by atoms with Gasteiger partial charge in [-0.3, -0.25) is 4.79 Å². The second-order valence-corrected chi connectivity index (χ2v) is 5.81. The Kier molecular flexibility index (Phi) is 4.69. The van der Waals surface area contributed by atoms with Crippen molar-refractivity contribution >= 4 is 11.5 Å². The first-order valence-corrected chi connectivity index (χ1v) is 7.65. The summed E-state index contributed by atoms with van der Waals surface area (Å²) in [6.07, 6.45) is 1.86. The fourth-order valence-corrected chi connectivity index (χ4v) is 2.59. The van der Waals surface area contributed by atoms with E-state index in [4.69, 9.17) is 4.74 Å². The standard InChI is InChI=1S/C17H25NO2/c1-5-9-18-11-17(12(3)4)20-16-8-7-13(10-14(16)18)15(19)6-2/h7-8,10,12,17H,5-6,9,11H2,1-4H3. The highest BCUT2D eigenvalue weighted by Crippen LogP contribution is 2.36. The van der Waals surface area contributed by atoms with Crippen LogP contribution in [0.15, 0.2) is 18.2 Å². The lowest BCUT2D eigenvalue weighted by atomic mass is 10.0. The van der Waals surface area contributed by atoms with E-state index in [9.17, 15) is 4.79 Å². The maximum atomic E-state index is 11.9. The van der Waals surface area contributed by atoms with E-state index in [1.165, 1.54) is 0 Å². The minimum Gasteiger partial charge on any atom is -0.486 e. The first-order valence-electron chi connectivity index (χ1n) is 7.65. The zero-order valence-corrected chi connectivity index (χ0v) is 13.0. The molecular formula is C17H25NO2. The van der Waals surface area contributed by atoms with E-state index in [1.807, 2.05) is 25.1 Å². The zero-order valence-electron chi connectivity index (χ0n) is 13.0. The van der Waals surface area contributed by atoms with E-state index in [0.717, 1.165) is 36.5 Å². The molecule has 0 spiro atoms. The van der Waals surface area contributed by atoms with Crippen LogP contribution in [0, 0.1) is 5.92 Å². The van der Waals surface area contributed by atoms with E-state index in [-0.39, 0.29) is 11.9 Å². The summed E-state index contributed by atoms with van der Waals surface area (Å²) in [6.45, 7) is 10.4. The Balaban J connectivity index is 2.35. The third-order valence-corrected chi connectivity index (χ3v) is 3.86. The van der Waals surface area contributed by atoms with Crippen molar-refractivity contribution in [3.63, 3.8) is 0 Å². The second-order valence-electron chi connectivity index (χ2n) is 5.81. The first kappa shape index (κ1) is 14.9. The number of nitrogens with zero attached hydrogens (tertiary/aromatic N) is 1. The predicted octanol–water partition coefficient (Wildman–Crippen LogP) is 3.91. The molecule has 20 heavy (non-hydrogen) atoms. The van der Waals surface area contributed by atoms with Gasteiger partial charge < -0.3 is 9.64 Å². The van der Waals surface area contributed by atoms with Crippen LogP contribution in [0.3, 0.4) is 0 Å². The van der Waals surface area contributed by atoms with Crippen molar-refractivity contribution < 1.29 is 9.53 Å². The summed E-state index contributed by atoms with van der Waals surface area (Å²) < 4.78 is 6.09. The van der Waals surface area contributed by atoms with Crippen molar-refractivity contribution in [2.45, 2.75) is 46.6 Å². The van der Waals surface area contributed by atoms with Gasteiger partial charge in [0.1, 0.15) is 11.9 Å². The molecule has 3 nitrogen and oxygen atoms in total. The van der Waals surface area contributed by atoms with Gasteiger partial charge in [-0.25, -0.2) is 0 Å². The predicted molar refractivity (Wildman–Crippen MR) is 82.8 cm³/mol. The number of carbonyl (C=O) groups excluding carboxylic acids is 1. The molecule has 3 heteroatoms. The molecule has 1 aliphatic heterocycles. The highest BCUT2D eigenvalue weighted by atomic mass is 16.5. The Morgan fingerprint density at radius 3 is 2.75 bits per heavy atom. The number of ether oxygens (including phenoxy) is 1. The number of ketones is 1. The van der Waals surface area contributed by atoms with Crippen LogP contribution in [-0.2, 0) is 0 Å². The summed E-state index contributed by atoms with van der Waals surface area (Å²) in [4.78, 5) is 14.2. The summed E-state index contributed by atoms with van der Waals surface area (Å²) in [5.41, 5.74) is 1.86. The molecule has 1 heterocycles. The number of hydrogen-bond acceptors (Lipinski definition) is 3. The van der Waals surface area contributed by atoms with E-state index in [1.54, 1.807) is 0 Å². The molecule has 2 rings (SSSR count). The lowest BCUT2D eigenvalue weighted by Crippen LogP contribution is -2.43. The van der Waals surface area contributed by atoms with Crippen LogP contribution in [0.25, 0.3) is 0 Å². The van der Waals surface area contributed by atoms with Gasteiger partial charge in [0.25, 0.3) is 0 Å². The molecule has 0 aliphatic carbocycles. The average molecular weight is 275 g/mol. The van der Waals surface area contributed by atoms with Crippen LogP contribution in [-0.4, -0.2) is 25.0 Å². The Morgan fingerprint density at radius 2 is 2.15 bits per heavy atom. The van der Waals surface area contributed by atoms with E-state index in [2.05, 4.69) is 25.7 Å². The quantitative estimate of drug-likeness (QED) is 0.763. The fraction of sp³-hybridized carbons (Fsp3) is 0.588. The lowest BCUT2D eigenvalue weighted by Gasteiger charge is -2.38. The molecular weight excluding hydrogens is 250 g/mol. The minimum atomic E-state index is 0.190. The third-order valence-electron chi connectivity index (χ3n) is 3.86. The number of benzene rings is 1. The molecule has 0 saturated heterocycles.